The third-order valence-corrected chi connectivity index (χ3v) is 6.09. The van der Waals surface area contributed by atoms with Crippen molar-refractivity contribution in [3.05, 3.63) is 46.3 Å². The molecular weight excluding hydrogens is 388 g/mol. The first-order valence-corrected chi connectivity index (χ1v) is 10.9. The van der Waals surface area contributed by atoms with Crippen LogP contribution in [0.3, 0.4) is 0 Å². The minimum absolute atomic E-state index is 0.195. The summed E-state index contributed by atoms with van der Waals surface area (Å²) in [5.74, 6) is 1.78. The van der Waals surface area contributed by atoms with Gasteiger partial charge in [-0.1, -0.05) is 13.0 Å². The molecule has 0 amide bonds. The Kier molecular flexibility index (Phi) is 7.60. The first kappa shape index (κ1) is 21.7. The highest BCUT2D eigenvalue weighted by atomic mass is 32.1. The van der Waals surface area contributed by atoms with Crippen molar-refractivity contribution >= 4 is 23.4 Å². The van der Waals surface area contributed by atoms with Crippen molar-refractivity contribution in [1.29, 1.82) is 0 Å². The molecule has 3 rings (SSSR count). The number of nitrogens with zero attached hydrogens (tertiary/aromatic N) is 3. The Morgan fingerprint density at radius 3 is 2.97 bits per heavy atom. The predicted molar refractivity (Wildman–Crippen MR) is 117 cm³/mol. The van der Waals surface area contributed by atoms with Crippen molar-refractivity contribution in [2.75, 3.05) is 25.1 Å². The van der Waals surface area contributed by atoms with Gasteiger partial charge in [0.15, 0.2) is 6.29 Å². The van der Waals surface area contributed by atoms with Crippen LogP contribution in [0.1, 0.15) is 24.8 Å². The van der Waals surface area contributed by atoms with Gasteiger partial charge in [-0.15, -0.1) is 11.3 Å². The van der Waals surface area contributed by atoms with Crippen LogP contribution >= 0.6 is 11.3 Å². The maximum absolute atomic E-state index is 9.60. The van der Waals surface area contributed by atoms with E-state index < -0.39 is 12.2 Å². The topological polar surface area (TPSA) is 90.2 Å². The third-order valence-electron chi connectivity index (χ3n) is 5.33. The number of aryl methyl sites for hydroxylation is 1. The Hall–Kier alpha value is -2.00. The number of allylic oxidation sites excluding steroid dienone is 1. The molecule has 3 atom stereocenters. The second-order valence-electron chi connectivity index (χ2n) is 7.29. The van der Waals surface area contributed by atoms with Crippen molar-refractivity contribution in [1.82, 2.24) is 10.3 Å². The molecule has 8 heteroatoms. The molecule has 1 aromatic heterocycles. The quantitative estimate of drug-likeness (QED) is 0.562. The molecule has 2 aliphatic rings. The van der Waals surface area contributed by atoms with Gasteiger partial charge in [0, 0.05) is 43.5 Å². The number of anilines is 1. The number of ether oxygens (including phenoxy) is 1. The smallest absolute Gasteiger partial charge is 0.159 e. The van der Waals surface area contributed by atoms with Crippen LogP contribution in [0.4, 0.5) is 5.82 Å². The predicted octanol–water partition coefficient (Wildman–Crippen LogP) is 2.59. The molecule has 0 bridgehead atoms. The van der Waals surface area contributed by atoms with Crippen LogP contribution in [-0.4, -0.2) is 53.9 Å². The SMILES string of the molecule is CCC1=C(/C=C/N(C)c2csc(C)n2)OCC[C@H]1CNC1C=NC=CC1C(O)O. The van der Waals surface area contributed by atoms with Crippen LogP contribution in [-0.2, 0) is 4.74 Å². The van der Waals surface area contributed by atoms with Gasteiger partial charge in [-0.3, -0.25) is 4.99 Å². The van der Waals surface area contributed by atoms with Crippen molar-refractivity contribution in [2.45, 2.75) is 39.0 Å². The van der Waals surface area contributed by atoms with E-state index in [4.69, 9.17) is 4.74 Å². The number of aliphatic hydroxyl groups is 2. The zero-order chi connectivity index (χ0) is 20.8. The number of hydrogen-bond acceptors (Lipinski definition) is 8. The highest BCUT2D eigenvalue weighted by Gasteiger charge is 2.28. The summed E-state index contributed by atoms with van der Waals surface area (Å²) in [6.07, 6.45) is 9.51. The van der Waals surface area contributed by atoms with Gasteiger partial charge in [-0.25, -0.2) is 4.98 Å². The molecule has 1 aromatic rings. The van der Waals surface area contributed by atoms with Crippen LogP contribution < -0.4 is 10.2 Å². The summed E-state index contributed by atoms with van der Waals surface area (Å²) in [5.41, 5.74) is 1.27. The molecule has 0 aromatic carbocycles. The monoisotopic (exact) mass is 418 g/mol. The molecule has 2 unspecified atom stereocenters. The van der Waals surface area contributed by atoms with Gasteiger partial charge < -0.3 is 25.2 Å². The Morgan fingerprint density at radius 2 is 2.28 bits per heavy atom. The van der Waals surface area contributed by atoms with Crippen LogP contribution in [0.15, 0.2) is 46.3 Å². The third kappa shape index (κ3) is 5.54. The molecular formula is C21H30N4O3S. The normalized spacial score (nSPS) is 24.6. The van der Waals surface area contributed by atoms with Crippen molar-refractivity contribution < 1.29 is 14.9 Å². The van der Waals surface area contributed by atoms with Gasteiger partial charge >= 0.3 is 0 Å². The van der Waals surface area contributed by atoms with E-state index in [1.807, 2.05) is 36.5 Å². The summed E-state index contributed by atoms with van der Waals surface area (Å²) in [7, 11) is 1.98. The van der Waals surface area contributed by atoms with E-state index in [2.05, 4.69) is 22.2 Å². The largest absolute Gasteiger partial charge is 0.494 e. The highest BCUT2D eigenvalue weighted by molar-refractivity contribution is 7.09. The summed E-state index contributed by atoms with van der Waals surface area (Å²) in [5, 5.41) is 25.7. The van der Waals surface area contributed by atoms with Gasteiger partial charge in [0.05, 0.1) is 17.7 Å². The molecule has 0 aliphatic carbocycles. The number of aliphatic imine (C=N–C) groups is 1. The Balaban J connectivity index is 1.67. The maximum Gasteiger partial charge on any atom is 0.159 e. The standard InChI is InChI=1S/C21H30N4O3S/c1-4-16-15(11-23-18-12-22-8-5-17(18)21(26)27)7-10-28-19(16)6-9-25(3)20-13-29-14(2)24-20/h5-6,8-9,12-13,15,17-18,21,23,26-27H,4,7,10-11H2,1-3H3/b9-6+/t15-,17?,18?/m0/s1. The summed E-state index contributed by atoms with van der Waals surface area (Å²) in [6, 6.07) is -0.195. The lowest BCUT2D eigenvalue weighted by molar-refractivity contribution is -0.0737. The van der Waals surface area contributed by atoms with E-state index in [9.17, 15) is 10.2 Å². The molecule has 3 N–H and O–H groups in total. The maximum atomic E-state index is 9.60. The van der Waals surface area contributed by atoms with Gasteiger partial charge in [0.1, 0.15) is 11.6 Å². The minimum atomic E-state index is -1.41. The average molecular weight is 419 g/mol. The summed E-state index contributed by atoms with van der Waals surface area (Å²) >= 11 is 1.63. The molecule has 158 valence electrons. The number of aliphatic hydroxyl groups excluding tert-OH is 1. The van der Waals surface area contributed by atoms with Crippen molar-refractivity contribution in [2.24, 2.45) is 16.8 Å². The van der Waals surface area contributed by atoms with Crippen LogP contribution in [0.25, 0.3) is 0 Å². The molecule has 0 fully saturated rings. The van der Waals surface area contributed by atoms with E-state index >= 15 is 0 Å². The molecule has 0 saturated carbocycles. The molecule has 7 nitrogen and oxygen atoms in total. The fourth-order valence-electron chi connectivity index (χ4n) is 3.65. The van der Waals surface area contributed by atoms with E-state index in [0.29, 0.717) is 12.5 Å². The summed E-state index contributed by atoms with van der Waals surface area (Å²) < 4.78 is 5.96. The molecule has 0 radical (unpaired) electrons. The fraction of sp³-hybridized carbons (Fsp3) is 0.524. The van der Waals surface area contributed by atoms with E-state index in [1.54, 1.807) is 29.8 Å². The van der Waals surface area contributed by atoms with E-state index in [1.165, 1.54) is 5.57 Å². The Morgan fingerprint density at radius 1 is 1.45 bits per heavy atom. The van der Waals surface area contributed by atoms with Gasteiger partial charge in [0.2, 0.25) is 0 Å². The molecule has 29 heavy (non-hydrogen) atoms. The zero-order valence-electron chi connectivity index (χ0n) is 17.2. The van der Waals surface area contributed by atoms with Gasteiger partial charge in [-0.2, -0.15) is 0 Å². The summed E-state index contributed by atoms with van der Waals surface area (Å²) in [6.45, 7) is 5.54. The second-order valence-corrected chi connectivity index (χ2v) is 8.36. The Bertz CT molecular complexity index is 800. The number of rotatable bonds is 8. The average Bonchev–Trinajstić information content (AvgIpc) is 3.16. The van der Waals surface area contributed by atoms with Crippen LogP contribution in [0.5, 0.6) is 0 Å². The minimum Gasteiger partial charge on any atom is -0.494 e. The molecule has 2 aliphatic heterocycles. The first-order chi connectivity index (χ1) is 14.0. The summed E-state index contributed by atoms with van der Waals surface area (Å²) in [4.78, 5) is 10.6. The molecule has 3 heterocycles. The fourth-order valence-corrected chi connectivity index (χ4v) is 4.30. The molecule has 0 spiro atoms. The number of nitrogens with one attached hydrogen (secondary N) is 1. The highest BCUT2D eigenvalue weighted by Crippen LogP contribution is 2.29. The first-order valence-electron chi connectivity index (χ1n) is 9.98. The zero-order valence-corrected chi connectivity index (χ0v) is 18.0. The number of thiazole rings is 1. The van der Waals surface area contributed by atoms with Crippen LogP contribution in [0, 0.1) is 18.8 Å². The van der Waals surface area contributed by atoms with Crippen molar-refractivity contribution in [3.63, 3.8) is 0 Å². The van der Waals surface area contributed by atoms with Crippen molar-refractivity contribution in [3.8, 4) is 0 Å². The van der Waals surface area contributed by atoms with Gasteiger partial charge in [0.25, 0.3) is 0 Å². The number of aromatic nitrogens is 1. The van der Waals surface area contributed by atoms with Crippen LogP contribution in [0.2, 0.25) is 0 Å². The Labute approximate surface area is 176 Å². The molecule has 0 saturated heterocycles. The lowest BCUT2D eigenvalue weighted by Crippen LogP contribution is -2.45. The number of hydrogen-bond donors (Lipinski definition) is 3. The van der Waals surface area contributed by atoms with E-state index in [0.717, 1.165) is 36.0 Å². The van der Waals surface area contributed by atoms with E-state index in [-0.39, 0.29) is 6.04 Å². The second kappa shape index (κ2) is 10.2. The lowest BCUT2D eigenvalue weighted by atomic mass is 9.89. The lowest BCUT2D eigenvalue weighted by Gasteiger charge is -2.31. The van der Waals surface area contributed by atoms with Gasteiger partial charge in [-0.05, 0) is 37.3 Å².